The highest BCUT2D eigenvalue weighted by Gasteiger charge is 2.34. The van der Waals surface area contributed by atoms with Crippen LogP contribution in [0, 0.1) is 12.8 Å². The van der Waals surface area contributed by atoms with Crippen LogP contribution in [0.3, 0.4) is 0 Å². The van der Waals surface area contributed by atoms with Gasteiger partial charge in [0.15, 0.2) is 0 Å². The molecule has 0 unspecified atom stereocenters. The standard InChI is InChI=1S/C20H23F3N4O/c1-14-25-17(20(21,22)23)13-18(26-14)27-11-8-16(9-12-27)19(28)24-10-7-15-5-3-2-4-6-15/h2-6,13,16H,7-12H2,1H3,(H,24,28). The van der Waals surface area contributed by atoms with Gasteiger partial charge in [0.1, 0.15) is 17.3 Å². The molecule has 5 nitrogen and oxygen atoms in total. The molecule has 1 aromatic carbocycles. The predicted molar refractivity (Wildman–Crippen MR) is 99.9 cm³/mol. The van der Waals surface area contributed by atoms with Crippen molar-refractivity contribution in [1.82, 2.24) is 15.3 Å². The fourth-order valence-corrected chi connectivity index (χ4v) is 3.35. The Morgan fingerprint density at radius 3 is 2.50 bits per heavy atom. The van der Waals surface area contributed by atoms with Crippen molar-refractivity contribution in [3.05, 3.63) is 53.5 Å². The van der Waals surface area contributed by atoms with E-state index < -0.39 is 11.9 Å². The molecule has 28 heavy (non-hydrogen) atoms. The maximum absolute atomic E-state index is 13.0. The van der Waals surface area contributed by atoms with Crippen molar-refractivity contribution in [1.29, 1.82) is 0 Å². The number of nitrogens with zero attached hydrogens (tertiary/aromatic N) is 3. The second-order valence-electron chi connectivity index (χ2n) is 6.94. The van der Waals surface area contributed by atoms with Gasteiger partial charge in [0.2, 0.25) is 5.91 Å². The van der Waals surface area contributed by atoms with Crippen molar-refractivity contribution >= 4 is 11.7 Å². The van der Waals surface area contributed by atoms with Crippen molar-refractivity contribution in [2.45, 2.75) is 32.4 Å². The topological polar surface area (TPSA) is 58.1 Å². The Morgan fingerprint density at radius 2 is 1.86 bits per heavy atom. The van der Waals surface area contributed by atoms with Crippen LogP contribution in [0.2, 0.25) is 0 Å². The van der Waals surface area contributed by atoms with Gasteiger partial charge in [-0.25, -0.2) is 9.97 Å². The molecular weight excluding hydrogens is 369 g/mol. The second-order valence-corrected chi connectivity index (χ2v) is 6.94. The summed E-state index contributed by atoms with van der Waals surface area (Å²) in [4.78, 5) is 21.8. The van der Waals surface area contributed by atoms with Gasteiger partial charge in [-0.3, -0.25) is 4.79 Å². The Bertz CT molecular complexity index is 803. The average molecular weight is 392 g/mol. The smallest absolute Gasteiger partial charge is 0.356 e. The Balaban J connectivity index is 1.51. The monoisotopic (exact) mass is 392 g/mol. The second kappa shape index (κ2) is 8.58. The first-order chi connectivity index (χ1) is 13.3. The molecule has 1 aliphatic heterocycles. The lowest BCUT2D eigenvalue weighted by Gasteiger charge is -2.32. The lowest BCUT2D eigenvalue weighted by Crippen LogP contribution is -2.41. The molecule has 0 aliphatic carbocycles. The summed E-state index contributed by atoms with van der Waals surface area (Å²) in [7, 11) is 0. The van der Waals surface area contributed by atoms with Crippen molar-refractivity contribution in [3.8, 4) is 0 Å². The number of halogens is 3. The van der Waals surface area contributed by atoms with E-state index in [1.807, 2.05) is 30.3 Å². The Hall–Kier alpha value is -2.64. The highest BCUT2D eigenvalue weighted by molar-refractivity contribution is 5.79. The third-order valence-corrected chi connectivity index (χ3v) is 4.86. The van der Waals surface area contributed by atoms with Crippen molar-refractivity contribution in [2.75, 3.05) is 24.5 Å². The normalized spacial score (nSPS) is 15.5. The minimum absolute atomic E-state index is 0.00503. The summed E-state index contributed by atoms with van der Waals surface area (Å²) < 4.78 is 38.9. The number of hydrogen-bond donors (Lipinski definition) is 1. The van der Waals surface area contributed by atoms with Gasteiger partial charge in [-0.05, 0) is 31.7 Å². The van der Waals surface area contributed by atoms with E-state index in [1.165, 1.54) is 6.92 Å². The molecule has 1 N–H and O–H groups in total. The number of amides is 1. The number of carbonyl (C=O) groups is 1. The summed E-state index contributed by atoms with van der Waals surface area (Å²) in [5.74, 6) is 0.232. The molecule has 8 heteroatoms. The zero-order valence-corrected chi connectivity index (χ0v) is 15.7. The lowest BCUT2D eigenvalue weighted by molar-refractivity contribution is -0.141. The number of anilines is 1. The van der Waals surface area contributed by atoms with E-state index in [9.17, 15) is 18.0 Å². The van der Waals surface area contributed by atoms with Crippen LogP contribution in [0.4, 0.5) is 19.0 Å². The summed E-state index contributed by atoms with van der Waals surface area (Å²) in [6.45, 7) is 3.00. The molecule has 0 bridgehead atoms. The van der Waals surface area contributed by atoms with Gasteiger partial charge in [-0.2, -0.15) is 13.2 Å². The fourth-order valence-electron chi connectivity index (χ4n) is 3.35. The van der Waals surface area contributed by atoms with Crippen LogP contribution >= 0.6 is 0 Å². The van der Waals surface area contributed by atoms with Gasteiger partial charge in [0.25, 0.3) is 0 Å². The highest BCUT2D eigenvalue weighted by atomic mass is 19.4. The number of alkyl halides is 3. The molecule has 150 valence electrons. The SMILES string of the molecule is Cc1nc(N2CCC(C(=O)NCCc3ccccc3)CC2)cc(C(F)(F)F)n1. The number of benzene rings is 1. The van der Waals surface area contributed by atoms with E-state index in [2.05, 4.69) is 15.3 Å². The molecule has 2 aromatic rings. The van der Waals surface area contributed by atoms with Gasteiger partial charge in [0.05, 0.1) is 0 Å². The number of aryl methyl sites for hydroxylation is 1. The summed E-state index contributed by atoms with van der Waals surface area (Å²) in [5.41, 5.74) is 0.230. The van der Waals surface area contributed by atoms with Crippen LogP contribution in [0.1, 0.15) is 29.9 Å². The Labute approximate surface area is 162 Å². The quantitative estimate of drug-likeness (QED) is 0.848. The third kappa shape index (κ3) is 5.21. The molecule has 3 rings (SSSR count). The summed E-state index contributed by atoms with van der Waals surface area (Å²) in [6.07, 6.45) is -2.56. The zero-order chi connectivity index (χ0) is 20.1. The predicted octanol–water partition coefficient (Wildman–Crippen LogP) is 3.38. The number of rotatable bonds is 5. The van der Waals surface area contributed by atoms with E-state index in [4.69, 9.17) is 0 Å². The van der Waals surface area contributed by atoms with Crippen LogP contribution in [0.15, 0.2) is 36.4 Å². The zero-order valence-electron chi connectivity index (χ0n) is 15.7. The number of carbonyl (C=O) groups excluding carboxylic acids is 1. The molecule has 1 aromatic heterocycles. The van der Waals surface area contributed by atoms with E-state index in [0.717, 1.165) is 18.1 Å². The fraction of sp³-hybridized carbons (Fsp3) is 0.450. The Kier molecular flexibility index (Phi) is 6.16. The van der Waals surface area contributed by atoms with Crippen LogP contribution in [-0.4, -0.2) is 35.5 Å². The van der Waals surface area contributed by atoms with E-state index in [1.54, 1.807) is 4.90 Å². The summed E-state index contributed by atoms with van der Waals surface area (Å²) >= 11 is 0. The molecule has 1 aliphatic rings. The third-order valence-electron chi connectivity index (χ3n) is 4.86. The maximum atomic E-state index is 13.0. The minimum atomic E-state index is -4.50. The number of nitrogens with one attached hydrogen (secondary N) is 1. The molecule has 2 heterocycles. The van der Waals surface area contributed by atoms with E-state index in [0.29, 0.717) is 32.5 Å². The molecule has 0 radical (unpaired) electrons. The summed E-state index contributed by atoms with van der Waals surface area (Å²) in [6, 6.07) is 10.9. The van der Waals surface area contributed by atoms with Crippen molar-refractivity contribution in [2.24, 2.45) is 5.92 Å². The van der Waals surface area contributed by atoms with Gasteiger partial charge >= 0.3 is 6.18 Å². The van der Waals surface area contributed by atoms with E-state index in [-0.39, 0.29) is 23.5 Å². The molecule has 0 atom stereocenters. The molecule has 0 spiro atoms. The van der Waals surface area contributed by atoms with Crippen LogP contribution in [-0.2, 0) is 17.4 Å². The van der Waals surface area contributed by atoms with Crippen LogP contribution in [0.25, 0.3) is 0 Å². The summed E-state index contributed by atoms with van der Waals surface area (Å²) in [5, 5.41) is 2.96. The lowest BCUT2D eigenvalue weighted by atomic mass is 9.95. The molecular formula is C20H23F3N4O. The number of piperidine rings is 1. The average Bonchev–Trinajstić information content (AvgIpc) is 2.68. The van der Waals surface area contributed by atoms with Crippen molar-refractivity contribution in [3.63, 3.8) is 0 Å². The number of aromatic nitrogens is 2. The van der Waals surface area contributed by atoms with Crippen molar-refractivity contribution < 1.29 is 18.0 Å². The molecule has 1 saturated heterocycles. The van der Waals surface area contributed by atoms with Gasteiger partial charge in [0, 0.05) is 31.6 Å². The molecule has 0 saturated carbocycles. The minimum Gasteiger partial charge on any atom is -0.356 e. The molecule has 1 fully saturated rings. The van der Waals surface area contributed by atoms with E-state index >= 15 is 0 Å². The number of hydrogen-bond acceptors (Lipinski definition) is 4. The molecule has 1 amide bonds. The first-order valence-electron chi connectivity index (χ1n) is 9.32. The van der Waals surface area contributed by atoms with Gasteiger partial charge in [-0.15, -0.1) is 0 Å². The van der Waals surface area contributed by atoms with Gasteiger partial charge in [-0.1, -0.05) is 30.3 Å². The largest absolute Gasteiger partial charge is 0.433 e. The Morgan fingerprint density at radius 1 is 1.18 bits per heavy atom. The van der Waals surface area contributed by atoms with Crippen LogP contribution in [0.5, 0.6) is 0 Å². The maximum Gasteiger partial charge on any atom is 0.433 e. The van der Waals surface area contributed by atoms with Gasteiger partial charge < -0.3 is 10.2 Å². The highest BCUT2D eigenvalue weighted by Crippen LogP contribution is 2.30. The van der Waals surface area contributed by atoms with Crippen LogP contribution < -0.4 is 10.2 Å². The first kappa shape index (κ1) is 20.1. The first-order valence-corrected chi connectivity index (χ1v) is 9.32.